The van der Waals surface area contributed by atoms with Crippen molar-refractivity contribution in [2.45, 2.75) is 38.0 Å². The second-order valence-electron chi connectivity index (χ2n) is 4.17. The summed E-state index contributed by atoms with van der Waals surface area (Å²) in [7, 11) is 0. The average Bonchev–Trinajstić information content (AvgIpc) is 2.31. The molecule has 74 valence electrons. The van der Waals surface area contributed by atoms with Gasteiger partial charge in [0.15, 0.2) is 0 Å². The number of amides is 1. The molecule has 1 aliphatic carbocycles. The molecule has 2 fully saturated rings. The van der Waals surface area contributed by atoms with Crippen LogP contribution >= 0.6 is 0 Å². The summed E-state index contributed by atoms with van der Waals surface area (Å²) in [6.45, 7) is 0.564. The van der Waals surface area contributed by atoms with Gasteiger partial charge < -0.3 is 5.32 Å². The fourth-order valence-electron chi connectivity index (χ4n) is 2.48. The molecule has 1 spiro atoms. The van der Waals surface area contributed by atoms with Gasteiger partial charge in [0.05, 0.1) is 5.41 Å². The van der Waals surface area contributed by atoms with Crippen LogP contribution in [0.15, 0.2) is 0 Å². The predicted molar refractivity (Wildman–Crippen MR) is 43.5 cm³/mol. The summed E-state index contributed by atoms with van der Waals surface area (Å²) in [6, 6.07) is 0. The maximum absolute atomic E-state index is 13.1. The van der Waals surface area contributed by atoms with Gasteiger partial charge in [-0.15, -0.1) is 0 Å². The fraction of sp³-hybridized carbons (Fsp3) is 0.889. The largest absolute Gasteiger partial charge is 0.356 e. The summed E-state index contributed by atoms with van der Waals surface area (Å²) in [5.74, 6) is -2.79. The van der Waals surface area contributed by atoms with Crippen molar-refractivity contribution in [2.24, 2.45) is 5.41 Å². The molecule has 1 amide bonds. The molecule has 2 aliphatic rings. The predicted octanol–water partition coefficient (Wildman–Crippen LogP) is 1.70. The van der Waals surface area contributed by atoms with Gasteiger partial charge in [-0.25, -0.2) is 8.78 Å². The third-order valence-electron chi connectivity index (χ3n) is 3.17. The number of halogens is 2. The van der Waals surface area contributed by atoms with Crippen LogP contribution in [0.2, 0.25) is 0 Å². The summed E-state index contributed by atoms with van der Waals surface area (Å²) in [4.78, 5) is 11.4. The molecule has 1 heterocycles. The van der Waals surface area contributed by atoms with E-state index in [4.69, 9.17) is 0 Å². The van der Waals surface area contributed by atoms with E-state index in [0.717, 1.165) is 0 Å². The number of carbonyl (C=O) groups excluding carboxylic acids is 1. The first-order chi connectivity index (χ1) is 6.04. The maximum atomic E-state index is 13.1. The fourth-order valence-corrected chi connectivity index (χ4v) is 2.48. The van der Waals surface area contributed by atoms with E-state index < -0.39 is 11.3 Å². The standard InChI is InChI=1S/C9H13F2NO/c10-9(11)3-1-2-8(6-9)4-5-12-7(8)13/h1-6H2,(H,12,13)/t8-/m1/s1. The molecule has 1 aliphatic heterocycles. The van der Waals surface area contributed by atoms with E-state index in [2.05, 4.69) is 5.32 Å². The Kier molecular flexibility index (Phi) is 1.82. The van der Waals surface area contributed by atoms with Gasteiger partial charge in [-0.1, -0.05) is 0 Å². The maximum Gasteiger partial charge on any atom is 0.249 e. The number of nitrogens with one attached hydrogen (secondary N) is 1. The zero-order valence-electron chi connectivity index (χ0n) is 7.41. The summed E-state index contributed by atoms with van der Waals surface area (Å²) < 4.78 is 26.2. The van der Waals surface area contributed by atoms with Crippen LogP contribution in [0.1, 0.15) is 32.1 Å². The molecular weight excluding hydrogens is 176 g/mol. The Morgan fingerprint density at radius 1 is 1.23 bits per heavy atom. The summed E-state index contributed by atoms with van der Waals surface area (Å²) in [5, 5.41) is 2.65. The molecule has 13 heavy (non-hydrogen) atoms. The van der Waals surface area contributed by atoms with E-state index in [9.17, 15) is 13.6 Å². The van der Waals surface area contributed by atoms with Crippen molar-refractivity contribution in [1.82, 2.24) is 5.32 Å². The Morgan fingerprint density at radius 3 is 2.54 bits per heavy atom. The van der Waals surface area contributed by atoms with Crippen LogP contribution in [-0.4, -0.2) is 18.4 Å². The van der Waals surface area contributed by atoms with Crippen molar-refractivity contribution in [3.8, 4) is 0 Å². The Balaban J connectivity index is 2.18. The quantitative estimate of drug-likeness (QED) is 0.617. The molecule has 0 aromatic rings. The summed E-state index contributed by atoms with van der Waals surface area (Å²) >= 11 is 0. The Hall–Kier alpha value is -0.670. The van der Waals surface area contributed by atoms with Crippen molar-refractivity contribution < 1.29 is 13.6 Å². The van der Waals surface area contributed by atoms with Gasteiger partial charge in [-0.3, -0.25) is 4.79 Å². The van der Waals surface area contributed by atoms with Crippen molar-refractivity contribution >= 4 is 5.91 Å². The number of hydrogen-bond donors (Lipinski definition) is 1. The second-order valence-corrected chi connectivity index (χ2v) is 4.17. The van der Waals surface area contributed by atoms with Gasteiger partial charge in [-0.05, 0) is 19.3 Å². The molecule has 1 saturated carbocycles. The Morgan fingerprint density at radius 2 is 2.00 bits per heavy atom. The smallest absolute Gasteiger partial charge is 0.249 e. The molecule has 0 unspecified atom stereocenters. The molecule has 4 heteroatoms. The van der Waals surface area contributed by atoms with E-state index in [1.54, 1.807) is 0 Å². The molecule has 0 aromatic heterocycles. The zero-order chi connectivity index (χ0) is 9.53. The Labute approximate surface area is 75.7 Å². The highest BCUT2D eigenvalue weighted by molar-refractivity contribution is 5.84. The van der Waals surface area contributed by atoms with Crippen molar-refractivity contribution in [3.63, 3.8) is 0 Å². The lowest BCUT2D eigenvalue weighted by Crippen LogP contribution is -2.40. The summed E-state index contributed by atoms with van der Waals surface area (Å²) in [5.41, 5.74) is -0.734. The van der Waals surface area contributed by atoms with Gasteiger partial charge in [0, 0.05) is 19.4 Å². The molecule has 0 radical (unpaired) electrons. The molecule has 0 aromatic carbocycles. The normalized spacial score (nSPS) is 37.8. The van der Waals surface area contributed by atoms with Gasteiger partial charge >= 0.3 is 0 Å². The van der Waals surface area contributed by atoms with Crippen molar-refractivity contribution in [1.29, 1.82) is 0 Å². The number of carbonyl (C=O) groups is 1. The summed E-state index contributed by atoms with van der Waals surface area (Å²) in [6.07, 6.45) is 1.39. The molecule has 1 atom stereocenters. The lowest BCUT2D eigenvalue weighted by Gasteiger charge is -2.35. The first-order valence-electron chi connectivity index (χ1n) is 4.70. The lowest BCUT2D eigenvalue weighted by molar-refractivity contribution is -0.139. The van der Waals surface area contributed by atoms with Crippen LogP contribution in [0.3, 0.4) is 0 Å². The monoisotopic (exact) mass is 189 g/mol. The first-order valence-corrected chi connectivity index (χ1v) is 4.70. The van der Waals surface area contributed by atoms with Crippen LogP contribution in [0.25, 0.3) is 0 Å². The second kappa shape index (κ2) is 2.66. The van der Waals surface area contributed by atoms with E-state index >= 15 is 0 Å². The molecule has 1 N–H and O–H groups in total. The Bertz CT molecular complexity index is 242. The van der Waals surface area contributed by atoms with Gasteiger partial charge in [0.2, 0.25) is 11.8 Å². The number of rotatable bonds is 0. The van der Waals surface area contributed by atoms with Crippen molar-refractivity contribution in [3.05, 3.63) is 0 Å². The average molecular weight is 189 g/mol. The molecule has 2 rings (SSSR count). The zero-order valence-corrected chi connectivity index (χ0v) is 7.41. The highest BCUT2D eigenvalue weighted by Gasteiger charge is 2.51. The van der Waals surface area contributed by atoms with Crippen LogP contribution in [-0.2, 0) is 4.79 Å². The van der Waals surface area contributed by atoms with E-state index in [1.807, 2.05) is 0 Å². The molecular formula is C9H13F2NO. The number of alkyl halides is 2. The molecule has 0 bridgehead atoms. The highest BCUT2D eigenvalue weighted by Crippen LogP contribution is 2.48. The van der Waals surface area contributed by atoms with E-state index in [1.165, 1.54) is 0 Å². The minimum Gasteiger partial charge on any atom is -0.356 e. The van der Waals surface area contributed by atoms with E-state index in [0.29, 0.717) is 25.8 Å². The van der Waals surface area contributed by atoms with E-state index in [-0.39, 0.29) is 18.7 Å². The van der Waals surface area contributed by atoms with Gasteiger partial charge in [0.1, 0.15) is 0 Å². The van der Waals surface area contributed by atoms with Crippen molar-refractivity contribution in [2.75, 3.05) is 6.54 Å². The van der Waals surface area contributed by atoms with Gasteiger partial charge in [0.25, 0.3) is 0 Å². The van der Waals surface area contributed by atoms with Crippen LogP contribution < -0.4 is 5.32 Å². The molecule has 2 nitrogen and oxygen atoms in total. The number of hydrogen-bond acceptors (Lipinski definition) is 1. The topological polar surface area (TPSA) is 29.1 Å². The van der Waals surface area contributed by atoms with Gasteiger partial charge in [-0.2, -0.15) is 0 Å². The SMILES string of the molecule is O=C1NCC[C@@]12CCCC(F)(F)C2. The minimum atomic E-state index is -2.63. The molecule has 1 saturated heterocycles. The minimum absolute atomic E-state index is 0.0535. The first kappa shape index (κ1) is 8.91. The van der Waals surface area contributed by atoms with Crippen LogP contribution in [0.4, 0.5) is 8.78 Å². The third kappa shape index (κ3) is 1.42. The lowest BCUT2D eigenvalue weighted by atomic mass is 9.71. The highest BCUT2D eigenvalue weighted by atomic mass is 19.3. The third-order valence-corrected chi connectivity index (χ3v) is 3.17. The van der Waals surface area contributed by atoms with Crippen LogP contribution in [0, 0.1) is 5.41 Å². The van der Waals surface area contributed by atoms with Crippen LogP contribution in [0.5, 0.6) is 0 Å².